The number of para-hydroxylation sites is 1. The Hall–Kier alpha value is -1.28. The van der Waals surface area contributed by atoms with Crippen molar-refractivity contribution in [2.24, 2.45) is 10.4 Å². The van der Waals surface area contributed by atoms with E-state index < -0.39 is 0 Å². The SMILES string of the molecule is CN=C(NCc1cc2ccccc2o1)NCC1(CCOC)CCC1.I. The summed E-state index contributed by atoms with van der Waals surface area (Å²) in [5.74, 6) is 1.73. The number of hydrogen-bond donors (Lipinski definition) is 2. The highest BCUT2D eigenvalue weighted by molar-refractivity contribution is 14.0. The van der Waals surface area contributed by atoms with E-state index in [1.165, 1.54) is 19.3 Å². The smallest absolute Gasteiger partial charge is 0.191 e. The summed E-state index contributed by atoms with van der Waals surface area (Å²) in [6.45, 7) is 2.39. The summed E-state index contributed by atoms with van der Waals surface area (Å²) in [5, 5.41) is 7.93. The van der Waals surface area contributed by atoms with E-state index in [0.29, 0.717) is 12.0 Å². The molecule has 0 saturated heterocycles. The Morgan fingerprint density at radius 1 is 1.28 bits per heavy atom. The van der Waals surface area contributed by atoms with Crippen LogP contribution in [0.15, 0.2) is 39.7 Å². The van der Waals surface area contributed by atoms with Crippen LogP contribution in [0.5, 0.6) is 0 Å². The number of guanidine groups is 1. The highest BCUT2D eigenvalue weighted by atomic mass is 127. The Morgan fingerprint density at radius 3 is 2.72 bits per heavy atom. The van der Waals surface area contributed by atoms with E-state index in [2.05, 4.69) is 27.8 Å². The quantitative estimate of drug-likeness (QED) is 0.376. The van der Waals surface area contributed by atoms with Gasteiger partial charge >= 0.3 is 0 Å². The van der Waals surface area contributed by atoms with Crippen LogP contribution in [0.3, 0.4) is 0 Å². The van der Waals surface area contributed by atoms with E-state index in [9.17, 15) is 0 Å². The average molecular weight is 457 g/mol. The summed E-state index contributed by atoms with van der Waals surface area (Å²) in [6.07, 6.45) is 4.96. The molecule has 0 bridgehead atoms. The van der Waals surface area contributed by atoms with Crippen LogP contribution in [0.2, 0.25) is 0 Å². The Labute approximate surface area is 166 Å². The molecule has 1 aliphatic rings. The molecule has 0 spiro atoms. The summed E-state index contributed by atoms with van der Waals surface area (Å²) >= 11 is 0. The number of methoxy groups -OCH3 is 1. The standard InChI is InChI=1S/C19H27N3O2.HI/c1-20-18(22-14-19(8-5-9-19)10-11-23-2)21-13-16-12-15-6-3-4-7-17(15)24-16;/h3-4,6-7,12H,5,8-11,13-14H2,1-2H3,(H2,20,21,22);1H. The highest BCUT2D eigenvalue weighted by Crippen LogP contribution is 2.43. The van der Waals surface area contributed by atoms with Gasteiger partial charge < -0.3 is 19.8 Å². The molecule has 0 radical (unpaired) electrons. The number of halogens is 1. The van der Waals surface area contributed by atoms with E-state index in [1.807, 2.05) is 18.2 Å². The molecule has 0 amide bonds. The van der Waals surface area contributed by atoms with Gasteiger partial charge in [0, 0.05) is 32.7 Å². The van der Waals surface area contributed by atoms with E-state index in [1.54, 1.807) is 14.2 Å². The highest BCUT2D eigenvalue weighted by Gasteiger charge is 2.36. The summed E-state index contributed by atoms with van der Waals surface area (Å²) in [7, 11) is 3.57. The first-order valence-electron chi connectivity index (χ1n) is 8.66. The van der Waals surface area contributed by atoms with Crippen molar-refractivity contribution in [3.8, 4) is 0 Å². The maximum atomic E-state index is 5.83. The topological polar surface area (TPSA) is 58.8 Å². The Kier molecular flexibility index (Phi) is 7.56. The van der Waals surface area contributed by atoms with Crippen LogP contribution in [0.25, 0.3) is 11.0 Å². The Balaban J connectivity index is 0.00000225. The zero-order chi connectivity index (χ0) is 16.8. The summed E-state index contributed by atoms with van der Waals surface area (Å²) in [6, 6.07) is 10.1. The van der Waals surface area contributed by atoms with E-state index in [-0.39, 0.29) is 24.0 Å². The molecule has 1 fully saturated rings. The minimum Gasteiger partial charge on any atom is -0.459 e. The average Bonchev–Trinajstić information content (AvgIpc) is 2.99. The molecule has 1 heterocycles. The van der Waals surface area contributed by atoms with Gasteiger partial charge in [0.15, 0.2) is 5.96 Å². The number of benzene rings is 1. The molecule has 0 atom stereocenters. The maximum Gasteiger partial charge on any atom is 0.191 e. The fourth-order valence-electron chi connectivity index (χ4n) is 3.30. The van der Waals surface area contributed by atoms with Gasteiger partial charge in [-0.3, -0.25) is 4.99 Å². The van der Waals surface area contributed by atoms with Crippen LogP contribution in [0.1, 0.15) is 31.4 Å². The molecule has 2 N–H and O–H groups in total. The Morgan fingerprint density at radius 2 is 2.08 bits per heavy atom. The lowest BCUT2D eigenvalue weighted by atomic mass is 9.67. The number of ether oxygens (including phenoxy) is 1. The van der Waals surface area contributed by atoms with Crippen molar-refractivity contribution in [2.45, 2.75) is 32.2 Å². The normalized spacial score (nSPS) is 16.2. The van der Waals surface area contributed by atoms with Crippen LogP contribution in [-0.2, 0) is 11.3 Å². The first-order valence-corrected chi connectivity index (χ1v) is 8.66. The first kappa shape index (κ1) is 20.0. The number of nitrogens with zero attached hydrogens (tertiary/aromatic N) is 1. The van der Waals surface area contributed by atoms with Crippen molar-refractivity contribution >= 4 is 40.9 Å². The summed E-state index contributed by atoms with van der Waals surface area (Å²) < 4.78 is 11.1. The zero-order valence-electron chi connectivity index (χ0n) is 15.0. The van der Waals surface area contributed by atoms with Crippen molar-refractivity contribution in [3.05, 3.63) is 36.1 Å². The molecule has 1 aromatic heterocycles. The molecule has 6 heteroatoms. The fourth-order valence-corrected chi connectivity index (χ4v) is 3.30. The van der Waals surface area contributed by atoms with Crippen molar-refractivity contribution < 1.29 is 9.15 Å². The van der Waals surface area contributed by atoms with Gasteiger partial charge in [0.05, 0.1) is 6.54 Å². The molecule has 1 aromatic carbocycles. The number of aliphatic imine (C=N–C) groups is 1. The monoisotopic (exact) mass is 457 g/mol. The molecule has 2 aromatic rings. The molecule has 5 nitrogen and oxygen atoms in total. The van der Waals surface area contributed by atoms with Crippen molar-refractivity contribution in [2.75, 3.05) is 27.3 Å². The molecule has 1 aliphatic carbocycles. The number of fused-ring (bicyclic) bond motifs is 1. The predicted octanol–water partition coefficient (Wildman–Crippen LogP) is 3.92. The third-order valence-electron chi connectivity index (χ3n) is 5.01. The summed E-state index contributed by atoms with van der Waals surface area (Å²) in [4.78, 5) is 4.32. The lowest BCUT2D eigenvalue weighted by molar-refractivity contribution is 0.0732. The molecule has 0 unspecified atom stereocenters. The molecule has 138 valence electrons. The number of rotatable bonds is 7. The fraction of sp³-hybridized carbons (Fsp3) is 0.526. The molecule has 1 saturated carbocycles. The minimum atomic E-state index is 0. The minimum absolute atomic E-state index is 0. The van der Waals surface area contributed by atoms with Gasteiger partial charge in [-0.05, 0) is 36.8 Å². The number of furan rings is 1. The van der Waals surface area contributed by atoms with Gasteiger partial charge in [-0.25, -0.2) is 0 Å². The second-order valence-electron chi connectivity index (χ2n) is 6.63. The van der Waals surface area contributed by atoms with E-state index in [4.69, 9.17) is 9.15 Å². The summed E-state index contributed by atoms with van der Waals surface area (Å²) in [5.41, 5.74) is 1.29. The zero-order valence-corrected chi connectivity index (χ0v) is 17.3. The van der Waals surface area contributed by atoms with Crippen LogP contribution < -0.4 is 10.6 Å². The van der Waals surface area contributed by atoms with Gasteiger partial charge in [-0.1, -0.05) is 24.6 Å². The van der Waals surface area contributed by atoms with Crippen molar-refractivity contribution in [1.82, 2.24) is 10.6 Å². The second kappa shape index (κ2) is 9.43. The van der Waals surface area contributed by atoms with Gasteiger partial charge in [0.2, 0.25) is 0 Å². The van der Waals surface area contributed by atoms with Gasteiger partial charge in [0.25, 0.3) is 0 Å². The molecule has 25 heavy (non-hydrogen) atoms. The molecule has 0 aliphatic heterocycles. The molecular formula is C19H28IN3O2. The van der Waals surface area contributed by atoms with Gasteiger partial charge in [-0.15, -0.1) is 24.0 Å². The molecule has 3 rings (SSSR count). The van der Waals surface area contributed by atoms with Crippen molar-refractivity contribution in [1.29, 1.82) is 0 Å². The lowest BCUT2D eigenvalue weighted by Crippen LogP contribution is -2.46. The number of nitrogens with one attached hydrogen (secondary N) is 2. The third kappa shape index (κ3) is 5.10. The predicted molar refractivity (Wildman–Crippen MR) is 113 cm³/mol. The van der Waals surface area contributed by atoms with Crippen molar-refractivity contribution in [3.63, 3.8) is 0 Å². The first-order chi connectivity index (χ1) is 11.7. The van der Waals surface area contributed by atoms with Gasteiger partial charge in [0.1, 0.15) is 11.3 Å². The van der Waals surface area contributed by atoms with Crippen LogP contribution in [0.4, 0.5) is 0 Å². The Bertz CT molecular complexity index is 662. The van der Waals surface area contributed by atoms with E-state index in [0.717, 1.165) is 42.3 Å². The van der Waals surface area contributed by atoms with Gasteiger partial charge in [-0.2, -0.15) is 0 Å². The largest absolute Gasteiger partial charge is 0.459 e. The third-order valence-corrected chi connectivity index (χ3v) is 5.01. The lowest BCUT2D eigenvalue weighted by Gasteiger charge is -2.42. The second-order valence-corrected chi connectivity index (χ2v) is 6.63. The number of hydrogen-bond acceptors (Lipinski definition) is 3. The maximum absolute atomic E-state index is 5.83. The van der Waals surface area contributed by atoms with Crippen LogP contribution in [0, 0.1) is 5.41 Å². The van der Waals surface area contributed by atoms with E-state index >= 15 is 0 Å². The van der Waals surface area contributed by atoms with Crippen LogP contribution >= 0.6 is 24.0 Å². The van der Waals surface area contributed by atoms with Crippen LogP contribution in [-0.4, -0.2) is 33.3 Å². The molecular weight excluding hydrogens is 429 g/mol.